The molecule has 0 aromatic heterocycles. The molecule has 0 atom stereocenters. The van der Waals surface area contributed by atoms with E-state index in [2.05, 4.69) is 5.43 Å². The van der Waals surface area contributed by atoms with Gasteiger partial charge in [-0.1, -0.05) is 17.7 Å². The van der Waals surface area contributed by atoms with Gasteiger partial charge >= 0.3 is 0 Å². The van der Waals surface area contributed by atoms with Gasteiger partial charge in [0.1, 0.15) is 5.75 Å². The number of ether oxygens (including phenoxy) is 1. The number of carbonyl (C=O) groups is 1. The maximum atomic E-state index is 12.6. The fourth-order valence-corrected chi connectivity index (χ4v) is 2.11. The summed E-state index contributed by atoms with van der Waals surface area (Å²) in [5.41, 5.74) is 4.12. The van der Waals surface area contributed by atoms with Crippen molar-refractivity contribution in [2.75, 3.05) is 24.5 Å². The van der Waals surface area contributed by atoms with Gasteiger partial charge in [0, 0.05) is 23.8 Å². The summed E-state index contributed by atoms with van der Waals surface area (Å²) < 4.78 is 5.16. The number of halogens is 1. The Bertz CT molecular complexity index is 661. The normalized spacial score (nSPS) is 10.1. The lowest BCUT2D eigenvalue weighted by Gasteiger charge is -2.19. The van der Waals surface area contributed by atoms with Gasteiger partial charge in [-0.15, -0.1) is 0 Å². The minimum atomic E-state index is -0.223. The van der Waals surface area contributed by atoms with Crippen molar-refractivity contribution in [3.8, 4) is 5.75 Å². The zero-order chi connectivity index (χ0) is 15.4. The monoisotopic (exact) mass is 305 g/mol. The van der Waals surface area contributed by atoms with Crippen molar-refractivity contribution >= 4 is 28.9 Å². The number of nitrogens with zero attached hydrogens (tertiary/aromatic N) is 1. The first-order valence-electron chi connectivity index (χ1n) is 6.25. The highest BCUT2D eigenvalue weighted by Crippen LogP contribution is 2.25. The topological polar surface area (TPSA) is 67.6 Å². The highest BCUT2D eigenvalue weighted by Gasteiger charge is 2.17. The van der Waals surface area contributed by atoms with Crippen LogP contribution >= 0.6 is 11.6 Å². The lowest BCUT2D eigenvalue weighted by Crippen LogP contribution is -2.27. The first-order valence-corrected chi connectivity index (χ1v) is 6.63. The van der Waals surface area contributed by atoms with Gasteiger partial charge in [0.05, 0.1) is 18.4 Å². The third-order valence-electron chi connectivity index (χ3n) is 3.11. The molecule has 0 unspecified atom stereocenters. The minimum Gasteiger partial charge on any atom is -0.497 e. The molecule has 5 nitrogen and oxygen atoms in total. The van der Waals surface area contributed by atoms with E-state index in [0.29, 0.717) is 27.7 Å². The molecule has 6 heteroatoms. The molecule has 0 bridgehead atoms. The van der Waals surface area contributed by atoms with Crippen molar-refractivity contribution in [1.29, 1.82) is 0 Å². The van der Waals surface area contributed by atoms with Crippen molar-refractivity contribution in [2.45, 2.75) is 0 Å². The summed E-state index contributed by atoms with van der Waals surface area (Å²) in [6.07, 6.45) is 0. The third kappa shape index (κ3) is 3.26. The van der Waals surface area contributed by atoms with E-state index in [9.17, 15) is 4.79 Å². The molecule has 21 heavy (non-hydrogen) atoms. The first kappa shape index (κ1) is 15.2. The lowest BCUT2D eigenvalue weighted by molar-refractivity contribution is 0.0993. The predicted molar refractivity (Wildman–Crippen MR) is 85.0 cm³/mol. The SMILES string of the molecule is COc1cccc(N(C)C(=O)c2cc(Cl)ccc2NN)c1. The zero-order valence-corrected chi connectivity index (χ0v) is 12.5. The van der Waals surface area contributed by atoms with Crippen molar-refractivity contribution in [3.05, 3.63) is 53.1 Å². The van der Waals surface area contributed by atoms with Gasteiger partial charge in [-0.3, -0.25) is 10.6 Å². The predicted octanol–water partition coefficient (Wildman–Crippen LogP) is 2.91. The Morgan fingerprint density at radius 1 is 1.29 bits per heavy atom. The Labute approximate surface area is 128 Å². The molecule has 0 saturated carbocycles. The van der Waals surface area contributed by atoms with Crippen LogP contribution < -0.4 is 20.9 Å². The smallest absolute Gasteiger partial charge is 0.260 e. The molecule has 2 rings (SSSR count). The van der Waals surface area contributed by atoms with Crippen LogP contribution in [0.25, 0.3) is 0 Å². The maximum absolute atomic E-state index is 12.6. The van der Waals surface area contributed by atoms with Crippen LogP contribution in [0.5, 0.6) is 5.75 Å². The zero-order valence-electron chi connectivity index (χ0n) is 11.8. The third-order valence-corrected chi connectivity index (χ3v) is 3.35. The van der Waals surface area contributed by atoms with Crippen LogP contribution in [0.2, 0.25) is 5.02 Å². The molecule has 0 radical (unpaired) electrons. The number of carbonyl (C=O) groups excluding carboxylic acids is 1. The van der Waals surface area contributed by atoms with E-state index < -0.39 is 0 Å². The van der Waals surface area contributed by atoms with E-state index in [1.54, 1.807) is 38.4 Å². The summed E-state index contributed by atoms with van der Waals surface area (Å²) in [7, 11) is 3.26. The number of hydrogen-bond acceptors (Lipinski definition) is 4. The number of benzene rings is 2. The Kier molecular flexibility index (Phi) is 4.67. The molecule has 0 aliphatic heterocycles. The van der Waals surface area contributed by atoms with Crippen molar-refractivity contribution in [1.82, 2.24) is 0 Å². The molecule has 1 amide bonds. The summed E-state index contributed by atoms with van der Waals surface area (Å²) in [4.78, 5) is 14.1. The Morgan fingerprint density at radius 3 is 2.71 bits per heavy atom. The fourth-order valence-electron chi connectivity index (χ4n) is 1.94. The van der Waals surface area contributed by atoms with Crippen LogP contribution in [-0.2, 0) is 0 Å². The Hall–Kier alpha value is -2.24. The highest BCUT2D eigenvalue weighted by molar-refractivity contribution is 6.31. The van der Waals surface area contributed by atoms with E-state index in [1.165, 1.54) is 4.90 Å². The molecule has 0 aliphatic rings. The van der Waals surface area contributed by atoms with Crippen LogP contribution in [0.3, 0.4) is 0 Å². The molecule has 0 heterocycles. The average Bonchev–Trinajstić information content (AvgIpc) is 2.53. The second kappa shape index (κ2) is 6.47. The van der Waals surface area contributed by atoms with Crippen LogP contribution in [0.4, 0.5) is 11.4 Å². The summed E-state index contributed by atoms with van der Waals surface area (Å²) in [5, 5.41) is 0.469. The quantitative estimate of drug-likeness (QED) is 0.673. The van der Waals surface area contributed by atoms with Gasteiger partial charge in [-0.25, -0.2) is 0 Å². The molecule has 3 N–H and O–H groups in total. The van der Waals surface area contributed by atoms with E-state index >= 15 is 0 Å². The van der Waals surface area contributed by atoms with Crippen molar-refractivity contribution < 1.29 is 9.53 Å². The van der Waals surface area contributed by atoms with E-state index in [1.807, 2.05) is 18.2 Å². The largest absolute Gasteiger partial charge is 0.497 e. The maximum Gasteiger partial charge on any atom is 0.260 e. The summed E-state index contributed by atoms with van der Waals surface area (Å²) in [5.74, 6) is 5.89. The molecule has 0 saturated heterocycles. The summed E-state index contributed by atoms with van der Waals surface area (Å²) in [6, 6.07) is 12.1. The number of methoxy groups -OCH3 is 1. The molecular formula is C15H16ClN3O2. The molecule has 0 spiro atoms. The summed E-state index contributed by atoms with van der Waals surface area (Å²) >= 11 is 5.96. The second-order valence-electron chi connectivity index (χ2n) is 4.40. The van der Waals surface area contributed by atoms with Crippen LogP contribution in [0.15, 0.2) is 42.5 Å². The first-order chi connectivity index (χ1) is 10.1. The van der Waals surface area contributed by atoms with Gasteiger partial charge in [0.15, 0.2) is 0 Å². The average molecular weight is 306 g/mol. The van der Waals surface area contributed by atoms with Gasteiger partial charge in [-0.2, -0.15) is 0 Å². The Morgan fingerprint density at radius 2 is 2.05 bits per heavy atom. The van der Waals surface area contributed by atoms with Gasteiger partial charge < -0.3 is 15.1 Å². The number of nitrogens with two attached hydrogens (primary N) is 1. The van der Waals surface area contributed by atoms with Crippen molar-refractivity contribution in [2.24, 2.45) is 5.84 Å². The van der Waals surface area contributed by atoms with Crippen LogP contribution in [0, 0.1) is 0 Å². The number of hydrogen-bond donors (Lipinski definition) is 2. The van der Waals surface area contributed by atoms with E-state index in [4.69, 9.17) is 22.2 Å². The van der Waals surface area contributed by atoms with Gasteiger partial charge in [0.2, 0.25) is 0 Å². The standard InChI is InChI=1S/C15H16ClN3O2/c1-19(11-4-3-5-12(9-11)21-2)15(20)13-8-10(16)6-7-14(13)18-17/h3-9,18H,17H2,1-2H3. The number of nitrogens with one attached hydrogen (secondary N) is 1. The van der Waals surface area contributed by atoms with Gasteiger partial charge in [0.25, 0.3) is 5.91 Å². The van der Waals surface area contributed by atoms with E-state index in [-0.39, 0.29) is 5.91 Å². The number of nitrogen functional groups attached to an aromatic ring is 1. The second-order valence-corrected chi connectivity index (χ2v) is 4.84. The highest BCUT2D eigenvalue weighted by atomic mass is 35.5. The molecule has 0 aliphatic carbocycles. The molecule has 110 valence electrons. The molecule has 2 aromatic rings. The molecule has 2 aromatic carbocycles. The van der Waals surface area contributed by atoms with Crippen LogP contribution in [0.1, 0.15) is 10.4 Å². The summed E-state index contributed by atoms with van der Waals surface area (Å²) in [6.45, 7) is 0. The lowest BCUT2D eigenvalue weighted by atomic mass is 10.1. The minimum absolute atomic E-state index is 0.223. The fraction of sp³-hybridized carbons (Fsp3) is 0.133. The number of anilines is 2. The van der Waals surface area contributed by atoms with E-state index in [0.717, 1.165) is 0 Å². The van der Waals surface area contributed by atoms with Crippen molar-refractivity contribution in [3.63, 3.8) is 0 Å². The number of amides is 1. The number of rotatable bonds is 4. The van der Waals surface area contributed by atoms with Gasteiger partial charge in [-0.05, 0) is 30.3 Å². The Balaban J connectivity index is 2.36. The van der Waals surface area contributed by atoms with Crippen LogP contribution in [-0.4, -0.2) is 20.1 Å². The molecular weight excluding hydrogens is 290 g/mol. The molecule has 0 fully saturated rings. The number of hydrazine groups is 1.